The summed E-state index contributed by atoms with van der Waals surface area (Å²) in [6.07, 6.45) is -0.857. The van der Waals surface area contributed by atoms with Gasteiger partial charge < -0.3 is 9.64 Å². The summed E-state index contributed by atoms with van der Waals surface area (Å²) in [6.45, 7) is 7.22. The van der Waals surface area contributed by atoms with Crippen molar-refractivity contribution in [1.29, 1.82) is 0 Å². The lowest BCUT2D eigenvalue weighted by Gasteiger charge is -2.20. The Morgan fingerprint density at radius 1 is 1.21 bits per heavy atom. The van der Waals surface area contributed by atoms with E-state index in [1.165, 1.54) is 35.2 Å². The number of sulfonamides is 1. The molecule has 0 saturated carbocycles. The van der Waals surface area contributed by atoms with Crippen LogP contribution in [0.25, 0.3) is 0 Å². The summed E-state index contributed by atoms with van der Waals surface area (Å²) >= 11 is 0. The molecule has 0 radical (unpaired) electrons. The van der Waals surface area contributed by atoms with E-state index in [-0.39, 0.29) is 29.6 Å². The highest BCUT2D eigenvalue weighted by Gasteiger charge is 2.37. The number of carbonyl (C=O) groups is 3. The number of Topliss-reactive ketones (excluding diaryl/α,β-unsaturated/α-hetero) is 1. The number of esters is 1. The third-order valence-electron chi connectivity index (χ3n) is 4.82. The molecule has 28 heavy (non-hydrogen) atoms. The lowest BCUT2D eigenvalue weighted by Crippen LogP contribution is -2.31. The lowest BCUT2D eigenvalue weighted by molar-refractivity contribution is -0.157. The largest absolute Gasteiger partial charge is 0.454 e. The highest BCUT2D eigenvalue weighted by Crippen LogP contribution is 2.28. The third-order valence-corrected chi connectivity index (χ3v) is 6.88. The molecule has 1 fully saturated rings. The predicted molar refractivity (Wildman–Crippen MR) is 103 cm³/mol. The van der Waals surface area contributed by atoms with Gasteiger partial charge in [0.15, 0.2) is 11.9 Å². The van der Waals surface area contributed by atoms with Crippen LogP contribution in [0.15, 0.2) is 29.2 Å². The number of hydrogen-bond acceptors (Lipinski definition) is 6. The SMILES string of the molecule is CCN(CC)S(=O)(=O)c1ccc(N2C[C@H](C(=O)O[C@@H](C)C(C)=O)CC2=O)cc1. The second-order valence-corrected chi connectivity index (χ2v) is 8.62. The highest BCUT2D eigenvalue weighted by atomic mass is 32.2. The number of rotatable bonds is 8. The number of amides is 1. The van der Waals surface area contributed by atoms with Crippen LogP contribution in [0.4, 0.5) is 5.69 Å². The van der Waals surface area contributed by atoms with E-state index in [4.69, 9.17) is 4.74 Å². The molecule has 9 heteroatoms. The molecule has 0 N–H and O–H groups in total. The molecule has 154 valence electrons. The van der Waals surface area contributed by atoms with Gasteiger partial charge in [0.1, 0.15) is 0 Å². The van der Waals surface area contributed by atoms with Crippen LogP contribution in [0, 0.1) is 5.92 Å². The molecule has 1 saturated heterocycles. The third kappa shape index (κ3) is 4.59. The Morgan fingerprint density at radius 3 is 2.29 bits per heavy atom. The van der Waals surface area contributed by atoms with Crippen LogP contribution in [-0.2, 0) is 29.1 Å². The van der Waals surface area contributed by atoms with Crippen LogP contribution in [0.2, 0.25) is 0 Å². The predicted octanol–water partition coefficient (Wildman–Crippen LogP) is 1.59. The fourth-order valence-corrected chi connectivity index (χ4v) is 4.44. The molecule has 2 atom stereocenters. The quantitative estimate of drug-likeness (QED) is 0.603. The van der Waals surface area contributed by atoms with Crippen LogP contribution in [0.5, 0.6) is 0 Å². The smallest absolute Gasteiger partial charge is 0.311 e. The van der Waals surface area contributed by atoms with Gasteiger partial charge in [0.2, 0.25) is 15.9 Å². The molecule has 0 spiro atoms. The standard InChI is InChI=1S/C19H26N2O6S/c1-5-20(6-2)28(25,26)17-9-7-16(8-10-17)21-12-15(11-18(21)23)19(24)27-14(4)13(3)22/h7-10,14-15H,5-6,11-12H2,1-4H3/t14-,15+/m0/s1. The zero-order chi connectivity index (χ0) is 21.1. The van der Waals surface area contributed by atoms with Gasteiger partial charge in [0.25, 0.3) is 0 Å². The molecular weight excluding hydrogens is 384 g/mol. The second kappa shape index (κ2) is 8.83. The van der Waals surface area contributed by atoms with Crippen LogP contribution >= 0.6 is 0 Å². The van der Waals surface area contributed by atoms with Crippen molar-refractivity contribution in [2.24, 2.45) is 5.92 Å². The summed E-state index contributed by atoms with van der Waals surface area (Å²) in [7, 11) is -3.58. The van der Waals surface area contributed by atoms with Crippen molar-refractivity contribution in [3.8, 4) is 0 Å². The van der Waals surface area contributed by atoms with E-state index in [9.17, 15) is 22.8 Å². The van der Waals surface area contributed by atoms with E-state index in [1.54, 1.807) is 26.0 Å². The minimum absolute atomic E-state index is 0.0110. The van der Waals surface area contributed by atoms with Gasteiger partial charge in [-0.05, 0) is 38.1 Å². The van der Waals surface area contributed by atoms with Crippen molar-refractivity contribution in [2.45, 2.75) is 45.1 Å². The van der Waals surface area contributed by atoms with Crippen molar-refractivity contribution in [3.05, 3.63) is 24.3 Å². The first-order valence-corrected chi connectivity index (χ1v) is 10.7. The van der Waals surface area contributed by atoms with E-state index in [0.29, 0.717) is 18.8 Å². The Hall–Kier alpha value is -2.26. The number of anilines is 1. The van der Waals surface area contributed by atoms with Crippen molar-refractivity contribution >= 4 is 33.4 Å². The molecule has 0 aliphatic carbocycles. The highest BCUT2D eigenvalue weighted by molar-refractivity contribution is 7.89. The Balaban J connectivity index is 2.13. The molecule has 1 aliphatic rings. The first-order valence-electron chi connectivity index (χ1n) is 9.23. The summed E-state index contributed by atoms with van der Waals surface area (Å²) in [5.74, 6) is -1.76. The van der Waals surface area contributed by atoms with Gasteiger partial charge in [0, 0.05) is 31.7 Å². The topological polar surface area (TPSA) is 101 Å². The second-order valence-electron chi connectivity index (χ2n) is 6.68. The maximum atomic E-state index is 12.5. The molecule has 0 aromatic heterocycles. The van der Waals surface area contributed by atoms with E-state index < -0.39 is 28.0 Å². The van der Waals surface area contributed by atoms with Crippen molar-refractivity contribution in [3.63, 3.8) is 0 Å². The first kappa shape index (κ1) is 22.0. The molecule has 0 bridgehead atoms. The minimum atomic E-state index is -3.58. The van der Waals surface area contributed by atoms with Gasteiger partial charge in [-0.1, -0.05) is 13.8 Å². The number of ether oxygens (including phenoxy) is 1. The van der Waals surface area contributed by atoms with Gasteiger partial charge in [-0.2, -0.15) is 4.31 Å². The summed E-state index contributed by atoms with van der Waals surface area (Å²) in [4.78, 5) is 37.3. The molecule has 2 rings (SSSR count). The van der Waals surface area contributed by atoms with E-state index >= 15 is 0 Å². The molecule has 1 aromatic rings. The monoisotopic (exact) mass is 410 g/mol. The van der Waals surface area contributed by atoms with Crippen LogP contribution in [-0.4, -0.2) is 56.1 Å². The summed E-state index contributed by atoms with van der Waals surface area (Å²) in [5, 5.41) is 0. The molecule has 1 amide bonds. The van der Waals surface area contributed by atoms with E-state index in [2.05, 4.69) is 0 Å². The molecule has 0 unspecified atom stereocenters. The average molecular weight is 410 g/mol. The number of hydrogen-bond donors (Lipinski definition) is 0. The van der Waals surface area contributed by atoms with Gasteiger partial charge in [-0.15, -0.1) is 0 Å². The zero-order valence-electron chi connectivity index (χ0n) is 16.5. The molecular formula is C19H26N2O6S. The molecule has 1 aromatic carbocycles. The number of benzene rings is 1. The molecule has 1 heterocycles. The van der Waals surface area contributed by atoms with Crippen molar-refractivity contribution in [1.82, 2.24) is 4.31 Å². The Bertz CT molecular complexity index is 846. The molecule has 8 nitrogen and oxygen atoms in total. The average Bonchev–Trinajstić information content (AvgIpc) is 3.04. The van der Waals surface area contributed by atoms with Gasteiger partial charge >= 0.3 is 5.97 Å². The fraction of sp³-hybridized carbons (Fsp3) is 0.526. The first-order chi connectivity index (χ1) is 13.1. The summed E-state index contributed by atoms with van der Waals surface area (Å²) in [6, 6.07) is 6.03. The Kier molecular flexibility index (Phi) is 6.95. The number of ketones is 1. The van der Waals surface area contributed by atoms with Gasteiger partial charge in [-0.3, -0.25) is 14.4 Å². The maximum absolute atomic E-state index is 12.5. The normalized spacial score (nSPS) is 18.4. The fourth-order valence-electron chi connectivity index (χ4n) is 2.98. The van der Waals surface area contributed by atoms with Gasteiger partial charge in [0.05, 0.1) is 10.8 Å². The lowest BCUT2D eigenvalue weighted by atomic mass is 10.1. The van der Waals surface area contributed by atoms with Crippen molar-refractivity contribution < 1.29 is 27.5 Å². The van der Waals surface area contributed by atoms with Crippen LogP contribution in [0.3, 0.4) is 0 Å². The van der Waals surface area contributed by atoms with Crippen LogP contribution < -0.4 is 4.90 Å². The number of carbonyl (C=O) groups excluding carboxylic acids is 3. The van der Waals surface area contributed by atoms with E-state index in [0.717, 1.165) is 0 Å². The summed E-state index contributed by atoms with van der Waals surface area (Å²) < 4.78 is 31.5. The van der Waals surface area contributed by atoms with Gasteiger partial charge in [-0.25, -0.2) is 8.42 Å². The van der Waals surface area contributed by atoms with Crippen molar-refractivity contribution in [2.75, 3.05) is 24.5 Å². The summed E-state index contributed by atoms with van der Waals surface area (Å²) in [5.41, 5.74) is 0.512. The van der Waals surface area contributed by atoms with Crippen LogP contribution in [0.1, 0.15) is 34.1 Å². The van der Waals surface area contributed by atoms with E-state index in [1.807, 2.05) is 0 Å². The zero-order valence-corrected chi connectivity index (χ0v) is 17.4. The Morgan fingerprint density at radius 2 is 1.79 bits per heavy atom. The number of nitrogens with zero attached hydrogens (tertiary/aromatic N) is 2. The molecule has 1 aliphatic heterocycles. The minimum Gasteiger partial charge on any atom is -0.454 e. The maximum Gasteiger partial charge on any atom is 0.311 e. The Labute approximate surface area is 165 Å².